The van der Waals surface area contributed by atoms with E-state index in [1.165, 1.54) is 0 Å². The van der Waals surface area contributed by atoms with Crippen molar-refractivity contribution >= 4 is 11.8 Å². The van der Waals surface area contributed by atoms with Gasteiger partial charge in [0.15, 0.2) is 17.2 Å². The van der Waals surface area contributed by atoms with Gasteiger partial charge >= 0.3 is 5.97 Å². The number of carbonyl (C=O) groups is 2. The van der Waals surface area contributed by atoms with E-state index in [0.29, 0.717) is 12.8 Å². The number of aliphatic hydroxyl groups is 1. The van der Waals surface area contributed by atoms with Crippen LogP contribution in [0.3, 0.4) is 0 Å². The van der Waals surface area contributed by atoms with Crippen molar-refractivity contribution in [2.75, 3.05) is 0 Å². The summed E-state index contributed by atoms with van der Waals surface area (Å²) in [6.07, 6.45) is 6.73. The van der Waals surface area contributed by atoms with Crippen molar-refractivity contribution in [1.82, 2.24) is 0 Å². The Hall–Kier alpha value is -1.50. The van der Waals surface area contributed by atoms with Crippen LogP contribution in [0.4, 0.5) is 0 Å². The number of aliphatic carboxylic acids is 1. The monoisotopic (exact) mass is 402 g/mol. The number of ketones is 1. The van der Waals surface area contributed by atoms with Gasteiger partial charge in [0.05, 0.1) is 6.10 Å². The average Bonchev–Trinajstić information content (AvgIpc) is 3.02. The highest BCUT2D eigenvalue weighted by Gasteiger charge is 2.77. The summed E-state index contributed by atoms with van der Waals surface area (Å²) in [4.78, 5) is 24.5. The van der Waals surface area contributed by atoms with E-state index in [0.717, 1.165) is 18.4 Å². The standard InChI is InChI=1S/C23H30O6/c1-20(2)28-17-10-15-14-6-5-12-9-13(24)7-8-21(12,3)18(14)16(25)11-22(15,4)23(17,29-20)19(26)27/h7-9,14-18,25H,5-6,10-11H2,1-4H3,(H,26,27)/t14?,15?,16?,17-,18?,21?,22?,23+/m1/s1. The molecule has 4 fully saturated rings. The third-order valence-corrected chi connectivity index (χ3v) is 8.81. The lowest BCUT2D eigenvalue weighted by atomic mass is 9.46. The SMILES string of the molecule is CC1(C)O[C@@H]2CC3C4CCC5=CC(=O)C=CC5(C)C4C(O)CC3(C)[C@]2(C(=O)O)O1. The first-order chi connectivity index (χ1) is 13.4. The van der Waals surface area contributed by atoms with E-state index in [4.69, 9.17) is 9.47 Å². The molecule has 1 aliphatic heterocycles. The molecular weight excluding hydrogens is 372 g/mol. The van der Waals surface area contributed by atoms with E-state index in [2.05, 4.69) is 6.92 Å². The molecule has 0 aromatic heterocycles. The Morgan fingerprint density at radius 3 is 2.66 bits per heavy atom. The molecule has 29 heavy (non-hydrogen) atoms. The van der Waals surface area contributed by atoms with Crippen LogP contribution in [0.2, 0.25) is 0 Å². The van der Waals surface area contributed by atoms with Gasteiger partial charge in [0.2, 0.25) is 0 Å². The Bertz CT molecular complexity index is 857. The number of aliphatic hydroxyl groups excluding tert-OH is 1. The van der Waals surface area contributed by atoms with Gasteiger partial charge in [-0.3, -0.25) is 4.79 Å². The van der Waals surface area contributed by atoms with E-state index in [1.807, 2.05) is 13.0 Å². The molecule has 5 rings (SSSR count). The van der Waals surface area contributed by atoms with Gasteiger partial charge in [0.25, 0.3) is 0 Å². The van der Waals surface area contributed by atoms with Gasteiger partial charge < -0.3 is 19.7 Å². The Labute approximate surface area is 170 Å². The molecule has 6 heteroatoms. The van der Waals surface area contributed by atoms with Crippen LogP contribution in [0.5, 0.6) is 0 Å². The van der Waals surface area contributed by atoms with Crippen LogP contribution in [0, 0.1) is 28.6 Å². The smallest absolute Gasteiger partial charge is 0.339 e. The van der Waals surface area contributed by atoms with E-state index in [9.17, 15) is 19.8 Å². The van der Waals surface area contributed by atoms with Crippen LogP contribution in [-0.4, -0.2) is 45.6 Å². The summed E-state index contributed by atoms with van der Waals surface area (Å²) in [5, 5.41) is 21.7. The van der Waals surface area contributed by atoms with Gasteiger partial charge in [-0.2, -0.15) is 0 Å². The number of carboxylic acids is 1. The molecule has 4 aliphatic carbocycles. The van der Waals surface area contributed by atoms with Crippen molar-refractivity contribution in [2.24, 2.45) is 28.6 Å². The molecule has 8 atom stereocenters. The minimum atomic E-state index is -1.44. The second kappa shape index (κ2) is 5.59. The third kappa shape index (κ3) is 2.23. The number of carbonyl (C=O) groups excluding carboxylic acids is 1. The van der Waals surface area contributed by atoms with Crippen LogP contribution < -0.4 is 0 Å². The van der Waals surface area contributed by atoms with E-state index in [-0.39, 0.29) is 29.0 Å². The number of carboxylic acid groups (broad SMARTS) is 1. The quantitative estimate of drug-likeness (QED) is 0.701. The molecule has 0 spiro atoms. The second-order valence-corrected chi connectivity index (χ2v) is 10.6. The van der Waals surface area contributed by atoms with E-state index < -0.39 is 35.0 Å². The van der Waals surface area contributed by atoms with E-state index in [1.54, 1.807) is 26.0 Å². The summed E-state index contributed by atoms with van der Waals surface area (Å²) in [5.74, 6) is -1.74. The lowest BCUT2D eigenvalue weighted by Gasteiger charge is -2.59. The van der Waals surface area contributed by atoms with Gasteiger partial charge in [-0.05, 0) is 63.5 Å². The maximum atomic E-state index is 12.6. The molecule has 0 radical (unpaired) electrons. The number of allylic oxidation sites excluding steroid dienone is 4. The van der Waals surface area contributed by atoms with Crippen LogP contribution in [0.25, 0.3) is 0 Å². The van der Waals surface area contributed by atoms with Crippen molar-refractivity contribution < 1.29 is 29.3 Å². The first kappa shape index (κ1) is 19.5. The highest BCUT2D eigenvalue weighted by Crippen LogP contribution is 2.70. The van der Waals surface area contributed by atoms with Gasteiger partial charge in [0.1, 0.15) is 6.10 Å². The Morgan fingerprint density at radius 1 is 1.24 bits per heavy atom. The van der Waals surface area contributed by atoms with Crippen molar-refractivity contribution in [3.05, 3.63) is 23.8 Å². The number of fused-ring (bicyclic) bond motifs is 7. The van der Waals surface area contributed by atoms with Crippen molar-refractivity contribution in [1.29, 1.82) is 0 Å². The highest BCUT2D eigenvalue weighted by molar-refractivity contribution is 6.01. The van der Waals surface area contributed by atoms with Crippen molar-refractivity contribution in [3.8, 4) is 0 Å². The molecular formula is C23H30O6. The average molecular weight is 402 g/mol. The highest BCUT2D eigenvalue weighted by atomic mass is 16.8. The molecule has 0 amide bonds. The molecule has 0 aromatic carbocycles. The fraction of sp³-hybridized carbons (Fsp3) is 0.739. The number of hydrogen-bond acceptors (Lipinski definition) is 5. The molecule has 158 valence electrons. The lowest BCUT2D eigenvalue weighted by molar-refractivity contribution is -0.232. The maximum Gasteiger partial charge on any atom is 0.339 e. The second-order valence-electron chi connectivity index (χ2n) is 10.6. The lowest BCUT2D eigenvalue weighted by Crippen LogP contribution is -2.63. The predicted molar refractivity (Wildman–Crippen MR) is 104 cm³/mol. The molecule has 6 unspecified atom stereocenters. The first-order valence-corrected chi connectivity index (χ1v) is 10.7. The van der Waals surface area contributed by atoms with E-state index >= 15 is 0 Å². The molecule has 3 saturated carbocycles. The summed E-state index contributed by atoms with van der Waals surface area (Å²) >= 11 is 0. The predicted octanol–water partition coefficient (Wildman–Crippen LogP) is 2.85. The molecule has 2 N–H and O–H groups in total. The van der Waals surface area contributed by atoms with Gasteiger partial charge in [-0.15, -0.1) is 0 Å². The zero-order chi connectivity index (χ0) is 21.0. The summed E-state index contributed by atoms with van der Waals surface area (Å²) in [5.41, 5.74) is -1.44. The van der Waals surface area contributed by atoms with Crippen LogP contribution >= 0.6 is 0 Å². The Morgan fingerprint density at radius 2 is 1.97 bits per heavy atom. The van der Waals surface area contributed by atoms with Crippen LogP contribution in [0.1, 0.15) is 53.4 Å². The topological polar surface area (TPSA) is 93.1 Å². The number of hydrogen-bond donors (Lipinski definition) is 2. The summed E-state index contributed by atoms with van der Waals surface area (Å²) in [6.45, 7) is 7.62. The minimum absolute atomic E-state index is 0.00956. The Kier molecular flexibility index (Phi) is 3.75. The largest absolute Gasteiger partial charge is 0.479 e. The summed E-state index contributed by atoms with van der Waals surface area (Å²) in [6, 6.07) is 0. The summed E-state index contributed by atoms with van der Waals surface area (Å²) < 4.78 is 12.3. The first-order valence-electron chi connectivity index (χ1n) is 10.7. The fourth-order valence-corrected chi connectivity index (χ4v) is 7.79. The normalized spacial score (nSPS) is 52.2. The molecule has 5 aliphatic rings. The number of rotatable bonds is 1. The van der Waals surface area contributed by atoms with Crippen molar-refractivity contribution in [2.45, 2.75) is 77.0 Å². The van der Waals surface area contributed by atoms with Crippen LogP contribution in [0.15, 0.2) is 23.8 Å². The number of ether oxygens (including phenoxy) is 2. The van der Waals surface area contributed by atoms with Gasteiger partial charge in [-0.1, -0.05) is 25.5 Å². The molecule has 1 saturated heterocycles. The molecule has 0 bridgehead atoms. The van der Waals surface area contributed by atoms with Gasteiger partial charge in [-0.25, -0.2) is 4.79 Å². The zero-order valence-corrected chi connectivity index (χ0v) is 17.5. The molecule has 1 heterocycles. The third-order valence-electron chi connectivity index (χ3n) is 8.81. The minimum Gasteiger partial charge on any atom is -0.479 e. The maximum absolute atomic E-state index is 12.6. The van der Waals surface area contributed by atoms with Crippen molar-refractivity contribution in [3.63, 3.8) is 0 Å². The Balaban J connectivity index is 1.59. The molecule has 6 nitrogen and oxygen atoms in total. The van der Waals surface area contributed by atoms with Crippen LogP contribution in [-0.2, 0) is 19.1 Å². The molecule has 0 aromatic rings. The fourth-order valence-electron chi connectivity index (χ4n) is 7.79. The van der Waals surface area contributed by atoms with Gasteiger partial charge in [0, 0.05) is 16.7 Å². The summed E-state index contributed by atoms with van der Waals surface area (Å²) in [7, 11) is 0. The zero-order valence-electron chi connectivity index (χ0n) is 17.5.